The monoisotopic (exact) mass is 360 g/mol. The van der Waals surface area contributed by atoms with Crippen molar-refractivity contribution in [1.29, 1.82) is 0 Å². The number of hydrogen-bond donors (Lipinski definition) is 3. The van der Waals surface area contributed by atoms with Gasteiger partial charge in [-0.25, -0.2) is 14.6 Å². The number of alkyl carbamates (subject to hydrolysis) is 2. The van der Waals surface area contributed by atoms with Gasteiger partial charge in [0, 0.05) is 18.9 Å². The Labute approximate surface area is 152 Å². The Morgan fingerprint density at radius 1 is 1.19 bits per heavy atom. The summed E-state index contributed by atoms with van der Waals surface area (Å²) >= 11 is 0. The van der Waals surface area contributed by atoms with E-state index in [1.807, 2.05) is 30.3 Å². The van der Waals surface area contributed by atoms with Crippen molar-refractivity contribution in [3.8, 4) is 0 Å². The van der Waals surface area contributed by atoms with E-state index in [-0.39, 0.29) is 13.2 Å². The van der Waals surface area contributed by atoms with Gasteiger partial charge in [0.1, 0.15) is 24.1 Å². The second-order valence-electron chi connectivity index (χ2n) is 6.62. The number of carbonyl (C=O) groups excluding carboxylic acids is 2. The van der Waals surface area contributed by atoms with Crippen LogP contribution in [0.25, 0.3) is 0 Å². The van der Waals surface area contributed by atoms with Crippen LogP contribution >= 0.6 is 0 Å². The minimum absolute atomic E-state index is 0.0976. The number of nitrogens with one attached hydrogen (secondary N) is 3. The largest absolute Gasteiger partial charge is 0.445 e. The highest BCUT2D eigenvalue weighted by molar-refractivity contribution is 5.69. The fourth-order valence-electron chi connectivity index (χ4n) is 2.09. The molecule has 1 atom stereocenters. The Bertz CT molecular complexity index is 696. The van der Waals surface area contributed by atoms with Crippen LogP contribution in [0.2, 0.25) is 0 Å². The van der Waals surface area contributed by atoms with Crippen molar-refractivity contribution in [2.24, 2.45) is 0 Å². The first-order valence-corrected chi connectivity index (χ1v) is 8.27. The zero-order valence-corrected chi connectivity index (χ0v) is 15.1. The van der Waals surface area contributed by atoms with E-state index >= 15 is 0 Å². The van der Waals surface area contributed by atoms with Crippen LogP contribution in [-0.4, -0.2) is 34.3 Å². The molecule has 1 aromatic carbocycles. The molecular weight excluding hydrogens is 336 g/mol. The molecule has 8 nitrogen and oxygen atoms in total. The highest BCUT2D eigenvalue weighted by atomic mass is 16.6. The summed E-state index contributed by atoms with van der Waals surface area (Å²) in [4.78, 5) is 30.9. The van der Waals surface area contributed by atoms with Crippen molar-refractivity contribution in [2.45, 2.75) is 39.0 Å². The summed E-state index contributed by atoms with van der Waals surface area (Å²) in [7, 11) is 0. The average Bonchev–Trinajstić information content (AvgIpc) is 3.10. The van der Waals surface area contributed by atoms with E-state index in [0.29, 0.717) is 5.82 Å². The Kier molecular flexibility index (Phi) is 6.60. The lowest BCUT2D eigenvalue weighted by atomic mass is 10.2. The third-order valence-corrected chi connectivity index (χ3v) is 3.20. The number of amides is 2. The molecule has 0 saturated carbocycles. The first kappa shape index (κ1) is 19.3. The molecule has 1 aromatic heterocycles. The highest BCUT2D eigenvalue weighted by Crippen LogP contribution is 2.11. The molecule has 0 fully saturated rings. The summed E-state index contributed by atoms with van der Waals surface area (Å²) in [5, 5.41) is 5.30. The molecule has 0 spiro atoms. The van der Waals surface area contributed by atoms with E-state index in [2.05, 4.69) is 20.6 Å². The summed E-state index contributed by atoms with van der Waals surface area (Å²) < 4.78 is 10.4. The van der Waals surface area contributed by atoms with Crippen LogP contribution in [0.15, 0.2) is 42.7 Å². The first-order chi connectivity index (χ1) is 12.3. The number of carbonyl (C=O) groups is 2. The molecule has 140 valence electrons. The van der Waals surface area contributed by atoms with Crippen LogP contribution in [-0.2, 0) is 16.1 Å². The molecule has 1 unspecified atom stereocenters. The Morgan fingerprint density at radius 2 is 1.92 bits per heavy atom. The van der Waals surface area contributed by atoms with Crippen LogP contribution in [0.5, 0.6) is 0 Å². The quantitative estimate of drug-likeness (QED) is 0.734. The normalized spacial score (nSPS) is 12.1. The molecule has 0 bridgehead atoms. The summed E-state index contributed by atoms with van der Waals surface area (Å²) in [6.07, 6.45) is 2.01. The third kappa shape index (κ3) is 6.84. The fourth-order valence-corrected chi connectivity index (χ4v) is 2.09. The zero-order chi connectivity index (χ0) is 19.0. The molecule has 0 aliphatic heterocycles. The minimum Gasteiger partial charge on any atom is -0.445 e. The minimum atomic E-state index is -0.625. The molecule has 3 N–H and O–H groups in total. The molecule has 2 rings (SSSR count). The van der Waals surface area contributed by atoms with Gasteiger partial charge >= 0.3 is 12.2 Å². The lowest BCUT2D eigenvalue weighted by Crippen LogP contribution is -2.41. The summed E-state index contributed by atoms with van der Waals surface area (Å²) in [5.74, 6) is 0.499. The van der Waals surface area contributed by atoms with Crippen molar-refractivity contribution >= 4 is 12.2 Å². The number of nitrogens with zero attached hydrogens (tertiary/aromatic N) is 1. The number of H-pyrrole nitrogens is 1. The number of hydrogen-bond acceptors (Lipinski definition) is 5. The standard InChI is InChI=1S/C18H24N4O4/c1-18(2,3)26-17(24)22-14(15-19-9-10-20-15)11-21-16(23)25-12-13-7-5-4-6-8-13/h4-10,14H,11-12H2,1-3H3,(H,19,20)(H,21,23)(H,22,24). The van der Waals surface area contributed by atoms with E-state index in [1.54, 1.807) is 33.2 Å². The van der Waals surface area contributed by atoms with Gasteiger partial charge in [-0.05, 0) is 26.3 Å². The molecular formula is C18H24N4O4. The third-order valence-electron chi connectivity index (χ3n) is 3.20. The van der Waals surface area contributed by atoms with Gasteiger partial charge < -0.3 is 25.1 Å². The molecule has 0 aliphatic rings. The smallest absolute Gasteiger partial charge is 0.408 e. The number of aromatic amines is 1. The topological polar surface area (TPSA) is 105 Å². The predicted octanol–water partition coefficient (Wildman–Crippen LogP) is 2.90. The maximum Gasteiger partial charge on any atom is 0.408 e. The maximum absolute atomic E-state index is 12.0. The number of benzene rings is 1. The van der Waals surface area contributed by atoms with Gasteiger partial charge in [0.2, 0.25) is 0 Å². The van der Waals surface area contributed by atoms with Gasteiger partial charge in [-0.3, -0.25) is 0 Å². The van der Waals surface area contributed by atoms with Crippen LogP contribution in [0.3, 0.4) is 0 Å². The molecule has 2 amide bonds. The van der Waals surface area contributed by atoms with Crippen LogP contribution < -0.4 is 10.6 Å². The van der Waals surface area contributed by atoms with Crippen molar-refractivity contribution in [3.63, 3.8) is 0 Å². The summed E-state index contributed by atoms with van der Waals surface area (Å²) in [5.41, 5.74) is 0.261. The average molecular weight is 360 g/mol. The van der Waals surface area contributed by atoms with Gasteiger partial charge in [0.05, 0.1) is 0 Å². The second kappa shape index (κ2) is 8.89. The fraction of sp³-hybridized carbons (Fsp3) is 0.389. The SMILES string of the molecule is CC(C)(C)OC(=O)NC(CNC(=O)OCc1ccccc1)c1ncc[nH]1. The second-order valence-corrected chi connectivity index (χ2v) is 6.62. The van der Waals surface area contributed by atoms with Crippen molar-refractivity contribution < 1.29 is 19.1 Å². The summed E-state index contributed by atoms with van der Waals surface area (Å²) in [6, 6.07) is 8.78. The number of aromatic nitrogens is 2. The van der Waals surface area contributed by atoms with E-state index in [0.717, 1.165) is 5.56 Å². The summed E-state index contributed by atoms with van der Waals surface area (Å²) in [6.45, 7) is 5.58. The lowest BCUT2D eigenvalue weighted by molar-refractivity contribution is 0.0499. The van der Waals surface area contributed by atoms with Gasteiger partial charge in [-0.2, -0.15) is 0 Å². The molecule has 0 radical (unpaired) electrons. The number of imidazole rings is 1. The lowest BCUT2D eigenvalue weighted by Gasteiger charge is -2.23. The van der Waals surface area contributed by atoms with E-state index in [9.17, 15) is 9.59 Å². The number of ether oxygens (including phenoxy) is 2. The predicted molar refractivity (Wildman–Crippen MR) is 95.3 cm³/mol. The zero-order valence-electron chi connectivity index (χ0n) is 15.1. The van der Waals surface area contributed by atoms with E-state index in [1.165, 1.54) is 0 Å². The molecule has 0 aliphatic carbocycles. The molecule has 26 heavy (non-hydrogen) atoms. The number of rotatable bonds is 6. The van der Waals surface area contributed by atoms with Crippen molar-refractivity contribution in [1.82, 2.24) is 20.6 Å². The van der Waals surface area contributed by atoms with E-state index < -0.39 is 23.8 Å². The Morgan fingerprint density at radius 3 is 2.54 bits per heavy atom. The molecule has 8 heteroatoms. The van der Waals surface area contributed by atoms with Gasteiger partial charge in [-0.1, -0.05) is 30.3 Å². The van der Waals surface area contributed by atoms with Crippen LogP contribution in [0.1, 0.15) is 38.2 Å². The van der Waals surface area contributed by atoms with Gasteiger partial charge in [-0.15, -0.1) is 0 Å². The maximum atomic E-state index is 12.0. The molecule has 1 heterocycles. The Balaban J connectivity index is 1.86. The highest BCUT2D eigenvalue weighted by Gasteiger charge is 2.22. The van der Waals surface area contributed by atoms with Gasteiger partial charge in [0.25, 0.3) is 0 Å². The van der Waals surface area contributed by atoms with Gasteiger partial charge in [0.15, 0.2) is 0 Å². The molecule has 2 aromatic rings. The molecule has 0 saturated heterocycles. The Hall–Kier alpha value is -3.03. The van der Waals surface area contributed by atoms with Crippen LogP contribution in [0, 0.1) is 0 Å². The first-order valence-electron chi connectivity index (χ1n) is 8.27. The van der Waals surface area contributed by atoms with Crippen LogP contribution in [0.4, 0.5) is 9.59 Å². The van der Waals surface area contributed by atoms with E-state index in [4.69, 9.17) is 9.47 Å². The van der Waals surface area contributed by atoms with Crippen molar-refractivity contribution in [3.05, 3.63) is 54.1 Å². The van der Waals surface area contributed by atoms with Crippen molar-refractivity contribution in [2.75, 3.05) is 6.54 Å².